The summed E-state index contributed by atoms with van der Waals surface area (Å²) < 4.78 is 6.79. The molecule has 0 spiro atoms. The molecule has 0 aliphatic rings. The van der Waals surface area contributed by atoms with Gasteiger partial charge in [-0.15, -0.1) is 0 Å². The van der Waals surface area contributed by atoms with Gasteiger partial charge in [0.15, 0.2) is 0 Å². The molecule has 1 aromatic carbocycles. The first-order chi connectivity index (χ1) is 9.13. The summed E-state index contributed by atoms with van der Waals surface area (Å²) in [6.07, 6.45) is 1.81. The van der Waals surface area contributed by atoms with Crippen LogP contribution >= 0.6 is 23.2 Å². The molecular weight excluding hydrogens is 285 g/mol. The second-order valence-electron chi connectivity index (χ2n) is 3.95. The molecular formula is C14H13Cl2NO2. The highest BCUT2D eigenvalue weighted by Gasteiger charge is 2.13. The maximum Gasteiger partial charge on any atom is 0.354 e. The summed E-state index contributed by atoms with van der Waals surface area (Å²) in [6, 6.07) is 8.96. The van der Waals surface area contributed by atoms with E-state index in [1.807, 2.05) is 18.3 Å². The number of nitrogens with zero attached hydrogens (tertiary/aromatic N) is 1. The van der Waals surface area contributed by atoms with E-state index in [1.54, 1.807) is 29.7 Å². The second kappa shape index (κ2) is 6.13. The summed E-state index contributed by atoms with van der Waals surface area (Å²) in [6.45, 7) is 2.60. The van der Waals surface area contributed by atoms with Crippen LogP contribution in [-0.4, -0.2) is 17.1 Å². The predicted molar refractivity (Wildman–Crippen MR) is 76.0 cm³/mol. The first-order valence-electron chi connectivity index (χ1n) is 5.88. The van der Waals surface area contributed by atoms with E-state index in [4.69, 9.17) is 27.9 Å². The van der Waals surface area contributed by atoms with Crippen LogP contribution in [0.15, 0.2) is 36.5 Å². The Balaban J connectivity index is 2.27. The summed E-state index contributed by atoms with van der Waals surface area (Å²) in [5.41, 5.74) is 1.36. The van der Waals surface area contributed by atoms with E-state index in [9.17, 15) is 4.79 Å². The molecule has 1 aromatic heterocycles. The molecule has 100 valence electrons. The smallest absolute Gasteiger partial charge is 0.354 e. The van der Waals surface area contributed by atoms with E-state index >= 15 is 0 Å². The van der Waals surface area contributed by atoms with Crippen LogP contribution in [0.4, 0.5) is 0 Å². The van der Waals surface area contributed by atoms with Crippen LogP contribution in [0.25, 0.3) is 0 Å². The molecule has 5 heteroatoms. The van der Waals surface area contributed by atoms with Crippen molar-refractivity contribution in [3.05, 3.63) is 57.8 Å². The lowest BCUT2D eigenvalue weighted by Gasteiger charge is -2.10. The molecule has 1 heterocycles. The molecule has 0 saturated heterocycles. The van der Waals surface area contributed by atoms with Crippen LogP contribution in [-0.2, 0) is 11.3 Å². The van der Waals surface area contributed by atoms with Crippen molar-refractivity contribution in [1.82, 2.24) is 4.57 Å². The van der Waals surface area contributed by atoms with Crippen LogP contribution in [0.1, 0.15) is 23.0 Å². The molecule has 0 unspecified atom stereocenters. The summed E-state index contributed by atoms with van der Waals surface area (Å²) >= 11 is 12.1. The molecule has 2 rings (SSSR count). The first kappa shape index (κ1) is 14.0. The fourth-order valence-corrected chi connectivity index (χ4v) is 2.18. The van der Waals surface area contributed by atoms with Gasteiger partial charge in [-0.25, -0.2) is 4.79 Å². The minimum atomic E-state index is -0.342. The minimum absolute atomic E-state index is 0.342. The third kappa shape index (κ3) is 3.11. The van der Waals surface area contributed by atoms with Crippen molar-refractivity contribution in [2.45, 2.75) is 13.5 Å². The first-order valence-corrected chi connectivity index (χ1v) is 6.64. The fourth-order valence-electron chi connectivity index (χ4n) is 1.80. The van der Waals surface area contributed by atoms with E-state index in [0.717, 1.165) is 5.56 Å². The Morgan fingerprint density at radius 1 is 1.26 bits per heavy atom. The second-order valence-corrected chi connectivity index (χ2v) is 4.74. The highest BCUT2D eigenvalue weighted by atomic mass is 35.5. The molecule has 0 bridgehead atoms. The highest BCUT2D eigenvalue weighted by molar-refractivity contribution is 6.42. The van der Waals surface area contributed by atoms with Crippen molar-refractivity contribution in [2.24, 2.45) is 0 Å². The topological polar surface area (TPSA) is 31.2 Å². The van der Waals surface area contributed by atoms with Gasteiger partial charge in [-0.2, -0.15) is 0 Å². The molecule has 19 heavy (non-hydrogen) atoms. The van der Waals surface area contributed by atoms with Crippen LogP contribution in [0.5, 0.6) is 0 Å². The van der Waals surface area contributed by atoms with Crippen LogP contribution in [0.3, 0.4) is 0 Å². The van der Waals surface area contributed by atoms with E-state index in [1.165, 1.54) is 0 Å². The van der Waals surface area contributed by atoms with Gasteiger partial charge in [-0.05, 0) is 30.7 Å². The quantitative estimate of drug-likeness (QED) is 0.798. The summed E-state index contributed by atoms with van der Waals surface area (Å²) in [5.74, 6) is -0.342. The van der Waals surface area contributed by atoms with Crippen molar-refractivity contribution in [3.8, 4) is 0 Å². The highest BCUT2D eigenvalue weighted by Crippen LogP contribution is 2.26. The average molecular weight is 298 g/mol. The number of carbonyl (C=O) groups excluding carboxylic acids is 1. The number of halogens is 2. The zero-order chi connectivity index (χ0) is 13.8. The normalized spacial score (nSPS) is 10.5. The Morgan fingerprint density at radius 2 is 2.05 bits per heavy atom. The van der Waals surface area contributed by atoms with Crippen molar-refractivity contribution < 1.29 is 9.53 Å². The lowest BCUT2D eigenvalue weighted by Crippen LogP contribution is -2.12. The molecule has 0 fully saturated rings. The molecule has 0 aliphatic heterocycles. The standard InChI is InChI=1S/C14H13Cl2NO2/c1-2-19-14(18)12-7-4-8-17(12)9-10-5-3-6-11(15)13(10)16/h3-8H,2,9H2,1H3. The Morgan fingerprint density at radius 3 is 2.79 bits per heavy atom. The largest absolute Gasteiger partial charge is 0.461 e. The number of hydrogen-bond donors (Lipinski definition) is 0. The maximum absolute atomic E-state index is 11.8. The van der Waals surface area contributed by atoms with Crippen LogP contribution < -0.4 is 0 Å². The van der Waals surface area contributed by atoms with Gasteiger partial charge in [0.25, 0.3) is 0 Å². The molecule has 0 aliphatic carbocycles. The third-order valence-corrected chi connectivity index (χ3v) is 3.54. The van der Waals surface area contributed by atoms with E-state index in [-0.39, 0.29) is 5.97 Å². The molecule has 0 N–H and O–H groups in total. The number of carbonyl (C=O) groups is 1. The molecule has 0 saturated carbocycles. The van der Waals surface area contributed by atoms with Gasteiger partial charge >= 0.3 is 5.97 Å². The van der Waals surface area contributed by atoms with Gasteiger partial charge in [-0.3, -0.25) is 0 Å². The van der Waals surface area contributed by atoms with Crippen molar-refractivity contribution in [3.63, 3.8) is 0 Å². The lowest BCUT2D eigenvalue weighted by molar-refractivity contribution is 0.0514. The number of aromatic nitrogens is 1. The third-order valence-electron chi connectivity index (χ3n) is 2.69. The number of ether oxygens (including phenoxy) is 1. The van der Waals surface area contributed by atoms with Gasteiger partial charge in [0.2, 0.25) is 0 Å². The summed E-state index contributed by atoms with van der Waals surface area (Å²) in [5, 5.41) is 1.01. The van der Waals surface area contributed by atoms with Gasteiger partial charge in [-0.1, -0.05) is 35.3 Å². The number of benzene rings is 1. The minimum Gasteiger partial charge on any atom is -0.461 e. The van der Waals surface area contributed by atoms with Crippen molar-refractivity contribution >= 4 is 29.2 Å². The van der Waals surface area contributed by atoms with Gasteiger partial charge in [0, 0.05) is 12.7 Å². The predicted octanol–water partition coefficient (Wildman–Crippen LogP) is 4.02. The Bertz CT molecular complexity index is 593. The van der Waals surface area contributed by atoms with Crippen LogP contribution in [0, 0.1) is 0 Å². The summed E-state index contributed by atoms with van der Waals surface area (Å²) in [4.78, 5) is 11.8. The summed E-state index contributed by atoms with van der Waals surface area (Å²) in [7, 11) is 0. The number of esters is 1. The Labute approximate surface area is 121 Å². The Hall–Kier alpha value is -1.45. The van der Waals surface area contributed by atoms with Gasteiger partial charge in [0.05, 0.1) is 16.7 Å². The van der Waals surface area contributed by atoms with E-state index in [2.05, 4.69) is 0 Å². The molecule has 0 amide bonds. The van der Waals surface area contributed by atoms with E-state index in [0.29, 0.717) is 28.9 Å². The zero-order valence-electron chi connectivity index (χ0n) is 10.4. The maximum atomic E-state index is 11.8. The molecule has 3 nitrogen and oxygen atoms in total. The van der Waals surface area contributed by atoms with Crippen molar-refractivity contribution in [1.29, 1.82) is 0 Å². The van der Waals surface area contributed by atoms with Gasteiger partial charge in [0.1, 0.15) is 5.69 Å². The van der Waals surface area contributed by atoms with Gasteiger partial charge < -0.3 is 9.30 Å². The zero-order valence-corrected chi connectivity index (χ0v) is 11.9. The number of hydrogen-bond acceptors (Lipinski definition) is 2. The number of rotatable bonds is 4. The average Bonchev–Trinajstić information content (AvgIpc) is 2.83. The molecule has 0 atom stereocenters. The SMILES string of the molecule is CCOC(=O)c1cccn1Cc1cccc(Cl)c1Cl. The van der Waals surface area contributed by atoms with Crippen LogP contribution in [0.2, 0.25) is 10.0 Å². The fraction of sp³-hybridized carbons (Fsp3) is 0.214. The molecule has 0 radical (unpaired) electrons. The Kier molecular flexibility index (Phi) is 4.51. The van der Waals surface area contributed by atoms with E-state index < -0.39 is 0 Å². The monoisotopic (exact) mass is 297 g/mol. The molecule has 2 aromatic rings. The lowest BCUT2D eigenvalue weighted by atomic mass is 10.2. The van der Waals surface area contributed by atoms with Crippen molar-refractivity contribution in [2.75, 3.05) is 6.61 Å².